The standard InChI is InChI=1S/C16H13N3O2/c20-16(21)13-6-7-14-17-18-15(19(14)9-13)12-5-4-10-2-1-3-11(10)8-12/h4-9H,1-3H2,(H,20,21). The third kappa shape index (κ3) is 1.89. The molecule has 1 N–H and O–H groups in total. The Morgan fingerprint density at radius 1 is 1.10 bits per heavy atom. The van der Waals surface area contributed by atoms with Gasteiger partial charge in [-0.15, -0.1) is 10.2 Å². The Bertz CT molecular complexity index is 867. The summed E-state index contributed by atoms with van der Waals surface area (Å²) in [7, 11) is 0. The molecule has 0 atom stereocenters. The zero-order valence-corrected chi connectivity index (χ0v) is 11.3. The Hall–Kier alpha value is -2.69. The van der Waals surface area contributed by atoms with Crippen molar-refractivity contribution < 1.29 is 9.90 Å². The van der Waals surface area contributed by atoms with E-state index >= 15 is 0 Å². The average Bonchev–Trinajstić information content (AvgIpc) is 3.12. The van der Waals surface area contributed by atoms with E-state index in [0.29, 0.717) is 11.5 Å². The van der Waals surface area contributed by atoms with Crippen LogP contribution >= 0.6 is 0 Å². The lowest BCUT2D eigenvalue weighted by Gasteiger charge is -2.04. The quantitative estimate of drug-likeness (QED) is 0.783. The highest BCUT2D eigenvalue weighted by molar-refractivity contribution is 5.87. The Morgan fingerprint density at radius 3 is 2.81 bits per heavy atom. The smallest absolute Gasteiger partial charge is 0.337 e. The Morgan fingerprint density at radius 2 is 1.95 bits per heavy atom. The number of carboxylic acids is 1. The maximum atomic E-state index is 11.1. The van der Waals surface area contributed by atoms with Crippen LogP contribution in [0, 0.1) is 0 Å². The van der Waals surface area contributed by atoms with E-state index in [-0.39, 0.29) is 5.56 Å². The van der Waals surface area contributed by atoms with Gasteiger partial charge in [0.15, 0.2) is 11.5 Å². The first kappa shape index (κ1) is 12.1. The van der Waals surface area contributed by atoms with Crippen molar-refractivity contribution >= 4 is 11.6 Å². The molecule has 1 aliphatic carbocycles. The zero-order chi connectivity index (χ0) is 14.4. The predicted molar refractivity (Wildman–Crippen MR) is 77.4 cm³/mol. The van der Waals surface area contributed by atoms with Gasteiger partial charge in [-0.05, 0) is 48.6 Å². The lowest BCUT2D eigenvalue weighted by molar-refractivity contribution is 0.0696. The van der Waals surface area contributed by atoms with Gasteiger partial charge in [0.1, 0.15) is 0 Å². The molecular weight excluding hydrogens is 266 g/mol. The van der Waals surface area contributed by atoms with Gasteiger partial charge in [0.2, 0.25) is 0 Å². The molecule has 0 radical (unpaired) electrons. The molecule has 0 amide bonds. The van der Waals surface area contributed by atoms with Gasteiger partial charge in [0.25, 0.3) is 0 Å². The Labute approximate surface area is 120 Å². The van der Waals surface area contributed by atoms with Crippen molar-refractivity contribution in [2.75, 3.05) is 0 Å². The van der Waals surface area contributed by atoms with E-state index in [1.807, 2.05) is 6.07 Å². The highest BCUT2D eigenvalue weighted by Crippen LogP contribution is 2.27. The van der Waals surface area contributed by atoms with Gasteiger partial charge in [-0.1, -0.05) is 12.1 Å². The van der Waals surface area contributed by atoms with Crippen molar-refractivity contribution in [3.8, 4) is 11.4 Å². The third-order valence-electron chi connectivity index (χ3n) is 4.01. The number of pyridine rings is 1. The summed E-state index contributed by atoms with van der Waals surface area (Å²) in [6.07, 6.45) is 5.00. The van der Waals surface area contributed by atoms with Crippen molar-refractivity contribution in [3.05, 3.63) is 53.2 Å². The summed E-state index contributed by atoms with van der Waals surface area (Å²) in [6.45, 7) is 0. The van der Waals surface area contributed by atoms with E-state index in [0.717, 1.165) is 18.4 Å². The topological polar surface area (TPSA) is 67.5 Å². The van der Waals surface area contributed by atoms with Gasteiger partial charge < -0.3 is 5.11 Å². The number of aryl methyl sites for hydroxylation is 2. The van der Waals surface area contributed by atoms with E-state index in [9.17, 15) is 4.79 Å². The average molecular weight is 279 g/mol. The highest BCUT2D eigenvalue weighted by atomic mass is 16.4. The molecule has 4 rings (SSSR count). The number of hydrogen-bond acceptors (Lipinski definition) is 3. The van der Waals surface area contributed by atoms with Crippen LogP contribution in [0.4, 0.5) is 0 Å². The maximum absolute atomic E-state index is 11.1. The second kappa shape index (κ2) is 4.41. The summed E-state index contributed by atoms with van der Waals surface area (Å²) in [5.41, 5.74) is 4.61. The van der Waals surface area contributed by atoms with Crippen LogP contribution in [0.2, 0.25) is 0 Å². The fourth-order valence-corrected chi connectivity index (χ4v) is 2.93. The molecule has 2 heterocycles. The Balaban J connectivity index is 1.90. The summed E-state index contributed by atoms with van der Waals surface area (Å²) in [6, 6.07) is 9.53. The number of nitrogens with zero attached hydrogens (tertiary/aromatic N) is 3. The van der Waals surface area contributed by atoms with E-state index in [1.165, 1.54) is 17.5 Å². The number of benzene rings is 1. The zero-order valence-electron chi connectivity index (χ0n) is 11.3. The van der Waals surface area contributed by atoms with Crippen LogP contribution in [0.3, 0.4) is 0 Å². The molecule has 1 aromatic carbocycles. The number of carboxylic acid groups (broad SMARTS) is 1. The summed E-state index contributed by atoms with van der Waals surface area (Å²) in [5.74, 6) is -0.270. The molecule has 5 nitrogen and oxygen atoms in total. The molecule has 1 aliphatic rings. The molecule has 0 bridgehead atoms. The molecule has 5 heteroatoms. The van der Waals surface area contributed by atoms with Crippen molar-refractivity contribution in [1.29, 1.82) is 0 Å². The molecule has 0 saturated heterocycles. The largest absolute Gasteiger partial charge is 0.478 e. The van der Waals surface area contributed by atoms with Crippen LogP contribution in [0.25, 0.3) is 17.0 Å². The minimum atomic E-state index is -0.953. The third-order valence-corrected chi connectivity index (χ3v) is 4.01. The van der Waals surface area contributed by atoms with Crippen molar-refractivity contribution in [3.63, 3.8) is 0 Å². The van der Waals surface area contributed by atoms with Crippen LogP contribution < -0.4 is 0 Å². The summed E-state index contributed by atoms with van der Waals surface area (Å²) >= 11 is 0. The Kier molecular flexibility index (Phi) is 2.54. The first-order valence-corrected chi connectivity index (χ1v) is 6.92. The maximum Gasteiger partial charge on any atom is 0.337 e. The number of aromatic nitrogens is 3. The second-order valence-corrected chi connectivity index (χ2v) is 5.31. The lowest BCUT2D eigenvalue weighted by Crippen LogP contribution is -1.99. The monoisotopic (exact) mass is 279 g/mol. The second-order valence-electron chi connectivity index (χ2n) is 5.31. The molecule has 0 spiro atoms. The SMILES string of the molecule is O=C(O)c1ccc2nnc(-c3ccc4c(c3)CCC4)n2c1. The highest BCUT2D eigenvalue weighted by Gasteiger charge is 2.15. The lowest BCUT2D eigenvalue weighted by atomic mass is 10.1. The van der Waals surface area contributed by atoms with Crippen molar-refractivity contribution in [1.82, 2.24) is 14.6 Å². The summed E-state index contributed by atoms with van der Waals surface area (Å²) in [4.78, 5) is 11.1. The van der Waals surface area contributed by atoms with Gasteiger partial charge in [0.05, 0.1) is 5.56 Å². The van der Waals surface area contributed by atoms with E-state index in [1.54, 1.807) is 22.7 Å². The molecule has 2 aromatic heterocycles. The van der Waals surface area contributed by atoms with Crippen LogP contribution in [0.15, 0.2) is 36.5 Å². The minimum absolute atomic E-state index is 0.227. The number of fused-ring (bicyclic) bond motifs is 2. The van der Waals surface area contributed by atoms with Crippen LogP contribution in [-0.4, -0.2) is 25.7 Å². The van der Waals surface area contributed by atoms with Crippen LogP contribution in [0.5, 0.6) is 0 Å². The van der Waals surface area contributed by atoms with Gasteiger partial charge in [-0.3, -0.25) is 4.40 Å². The number of aromatic carboxylic acids is 1. The summed E-state index contributed by atoms with van der Waals surface area (Å²) < 4.78 is 1.74. The predicted octanol–water partition coefficient (Wildman–Crippen LogP) is 2.58. The van der Waals surface area contributed by atoms with Crippen LogP contribution in [0.1, 0.15) is 27.9 Å². The van der Waals surface area contributed by atoms with E-state index in [2.05, 4.69) is 22.3 Å². The molecule has 3 aromatic rings. The first-order chi connectivity index (χ1) is 10.2. The molecule has 0 fully saturated rings. The normalized spacial score (nSPS) is 13.5. The van der Waals surface area contributed by atoms with E-state index < -0.39 is 5.97 Å². The van der Waals surface area contributed by atoms with Gasteiger partial charge >= 0.3 is 5.97 Å². The number of rotatable bonds is 2. The molecule has 0 aliphatic heterocycles. The van der Waals surface area contributed by atoms with Crippen LogP contribution in [-0.2, 0) is 12.8 Å². The van der Waals surface area contributed by atoms with Gasteiger partial charge in [0, 0.05) is 11.8 Å². The number of carbonyl (C=O) groups is 1. The fourth-order valence-electron chi connectivity index (χ4n) is 2.93. The van der Waals surface area contributed by atoms with E-state index in [4.69, 9.17) is 5.11 Å². The van der Waals surface area contributed by atoms with Crippen molar-refractivity contribution in [2.45, 2.75) is 19.3 Å². The van der Waals surface area contributed by atoms with Gasteiger partial charge in [-0.25, -0.2) is 4.79 Å². The molecule has 0 unspecified atom stereocenters. The molecular formula is C16H13N3O2. The number of hydrogen-bond donors (Lipinski definition) is 1. The summed E-state index contributed by atoms with van der Waals surface area (Å²) in [5, 5.41) is 17.4. The van der Waals surface area contributed by atoms with Gasteiger partial charge in [-0.2, -0.15) is 0 Å². The van der Waals surface area contributed by atoms with Crippen molar-refractivity contribution in [2.24, 2.45) is 0 Å². The first-order valence-electron chi connectivity index (χ1n) is 6.92. The fraction of sp³-hybridized carbons (Fsp3) is 0.188. The molecule has 104 valence electrons. The minimum Gasteiger partial charge on any atom is -0.478 e. The molecule has 0 saturated carbocycles. The molecule has 21 heavy (non-hydrogen) atoms.